The molecule has 0 saturated heterocycles. The lowest BCUT2D eigenvalue weighted by atomic mass is 10.4. The molecule has 4 N–H and O–H groups in total. The first kappa shape index (κ1) is 10.6. The lowest BCUT2D eigenvalue weighted by Crippen LogP contribution is -2.64. The van der Waals surface area contributed by atoms with E-state index in [1.807, 2.05) is 20.8 Å². The molecule has 0 amide bonds. The van der Waals surface area contributed by atoms with Crippen LogP contribution in [0, 0.1) is 0 Å². The molecule has 0 aliphatic heterocycles. The van der Waals surface area contributed by atoms with Crippen LogP contribution in [0.2, 0.25) is 0 Å². The fourth-order valence-electron chi connectivity index (χ4n) is 0.373. The molecule has 5 heteroatoms. The van der Waals surface area contributed by atoms with Gasteiger partial charge in [-0.2, -0.15) is 0 Å². The quantitative estimate of drug-likeness (QED) is 0.258. The van der Waals surface area contributed by atoms with Crippen LogP contribution in [-0.2, 0) is 4.84 Å². The molecular weight excluding hydrogens is 245 g/mol. The maximum atomic E-state index is 5.55. The van der Waals surface area contributed by atoms with Gasteiger partial charge < -0.3 is 0 Å². The van der Waals surface area contributed by atoms with Crippen molar-refractivity contribution in [2.24, 2.45) is 11.7 Å². The number of nitrogens with zero attached hydrogens (tertiary/aromatic N) is 1. The van der Waals surface area contributed by atoms with Gasteiger partial charge in [0.2, 0.25) is 0 Å². The van der Waals surface area contributed by atoms with Gasteiger partial charge in [-0.1, -0.05) is 0 Å². The van der Waals surface area contributed by atoms with Crippen molar-refractivity contribution in [2.45, 2.75) is 30.9 Å². The van der Waals surface area contributed by atoms with E-state index in [1.54, 1.807) is 0 Å². The molecule has 0 aromatic heterocycles. The third-order valence-corrected chi connectivity index (χ3v) is 1.36. The van der Waals surface area contributed by atoms with Crippen LogP contribution in [0.15, 0.2) is 0 Å². The highest BCUT2D eigenvalue weighted by Crippen LogP contribution is 2.08. The van der Waals surface area contributed by atoms with Crippen molar-refractivity contribution < 1.29 is 9.70 Å². The zero-order valence-electron chi connectivity index (χ0n) is 6.54. The standard InChI is InChI=1S/C5H15IN3O/c1-4(2)9(7,8)10-5(3)6/h4-5H,7-8H2,1-3H3/q+1. The smallest absolute Gasteiger partial charge is 0.148 e. The van der Waals surface area contributed by atoms with Gasteiger partial charge in [0.1, 0.15) is 0 Å². The van der Waals surface area contributed by atoms with Crippen LogP contribution in [0.4, 0.5) is 0 Å². The molecule has 62 valence electrons. The summed E-state index contributed by atoms with van der Waals surface area (Å²) in [7, 11) is 0. The number of hydroxylamine groups is 1. The van der Waals surface area contributed by atoms with Gasteiger partial charge in [0, 0.05) is 0 Å². The third kappa shape index (κ3) is 3.67. The Morgan fingerprint density at radius 2 is 1.70 bits per heavy atom. The van der Waals surface area contributed by atoms with E-state index in [1.165, 1.54) is 0 Å². The first-order valence-corrected chi connectivity index (χ1v) is 4.39. The van der Waals surface area contributed by atoms with Gasteiger partial charge in [0.15, 0.2) is 10.2 Å². The Morgan fingerprint density at radius 3 is 1.80 bits per heavy atom. The van der Waals surface area contributed by atoms with E-state index in [0.717, 1.165) is 0 Å². The normalized spacial score (nSPS) is 15.9. The van der Waals surface area contributed by atoms with E-state index >= 15 is 0 Å². The van der Waals surface area contributed by atoms with E-state index in [2.05, 4.69) is 22.6 Å². The lowest BCUT2D eigenvalue weighted by molar-refractivity contribution is -1.14. The van der Waals surface area contributed by atoms with Crippen LogP contribution in [0.1, 0.15) is 20.8 Å². The van der Waals surface area contributed by atoms with Crippen molar-refractivity contribution in [1.82, 2.24) is 0 Å². The molecule has 0 aromatic rings. The summed E-state index contributed by atoms with van der Waals surface area (Å²) in [6, 6.07) is 0.0669. The van der Waals surface area contributed by atoms with Gasteiger partial charge in [0.05, 0.1) is 0 Å². The summed E-state index contributed by atoms with van der Waals surface area (Å²) in [6.45, 7) is 5.69. The molecule has 0 rings (SSSR count). The molecule has 0 saturated carbocycles. The van der Waals surface area contributed by atoms with Crippen LogP contribution in [0.3, 0.4) is 0 Å². The second-order valence-electron chi connectivity index (χ2n) is 2.51. The second-order valence-corrected chi connectivity index (χ2v) is 4.26. The number of nitrogens with two attached hydrogens (primary N) is 2. The largest absolute Gasteiger partial charge is 0.170 e. The van der Waals surface area contributed by atoms with Crippen LogP contribution in [0.5, 0.6) is 0 Å². The Morgan fingerprint density at radius 1 is 1.30 bits per heavy atom. The first-order chi connectivity index (χ1) is 4.36. The van der Waals surface area contributed by atoms with Crippen molar-refractivity contribution in [3.8, 4) is 0 Å². The monoisotopic (exact) mass is 260 g/mol. The van der Waals surface area contributed by atoms with Crippen LogP contribution < -0.4 is 11.7 Å². The fourth-order valence-corrected chi connectivity index (χ4v) is 0.767. The SMILES string of the molecule is CC(I)O[N+](N)(N)C(C)C. The zero-order chi connectivity index (χ0) is 8.36. The molecule has 10 heavy (non-hydrogen) atoms. The minimum Gasteiger partial charge on any atom is -0.148 e. The molecule has 0 radical (unpaired) electrons. The van der Waals surface area contributed by atoms with Crippen molar-refractivity contribution in [3.63, 3.8) is 0 Å². The highest BCUT2D eigenvalue weighted by atomic mass is 127. The van der Waals surface area contributed by atoms with E-state index in [9.17, 15) is 0 Å². The van der Waals surface area contributed by atoms with Gasteiger partial charge in [0.25, 0.3) is 0 Å². The Balaban J connectivity index is 3.87. The Kier molecular flexibility index (Phi) is 4.03. The second kappa shape index (κ2) is 3.82. The van der Waals surface area contributed by atoms with Crippen LogP contribution in [0.25, 0.3) is 0 Å². The van der Waals surface area contributed by atoms with Crippen molar-refractivity contribution in [2.75, 3.05) is 0 Å². The number of alkyl halides is 1. The summed E-state index contributed by atoms with van der Waals surface area (Å²) < 4.78 is 0.0231. The van der Waals surface area contributed by atoms with Gasteiger partial charge in [-0.25, -0.2) is 0 Å². The summed E-state index contributed by atoms with van der Waals surface area (Å²) >= 11 is 2.10. The van der Waals surface area contributed by atoms with E-state index < -0.39 is 0 Å². The molecule has 4 nitrogen and oxygen atoms in total. The van der Waals surface area contributed by atoms with Gasteiger partial charge in [-0.3, -0.25) is 0 Å². The minimum absolute atomic E-state index is 0.0231. The molecule has 1 unspecified atom stereocenters. The molecule has 0 bridgehead atoms. The molecule has 0 fully saturated rings. The van der Waals surface area contributed by atoms with Gasteiger partial charge in [-0.05, 0) is 48.2 Å². The van der Waals surface area contributed by atoms with Crippen molar-refractivity contribution in [1.29, 1.82) is 0 Å². The third-order valence-electron chi connectivity index (χ3n) is 1.13. The molecule has 0 aliphatic carbocycles. The van der Waals surface area contributed by atoms with Gasteiger partial charge in [-0.15, -0.1) is 16.5 Å². The van der Waals surface area contributed by atoms with E-state index in [0.29, 0.717) is 0 Å². The average Bonchev–Trinajstić information content (AvgIpc) is 1.60. The number of hydrogen-bond donors (Lipinski definition) is 2. The topological polar surface area (TPSA) is 61.3 Å². The Bertz CT molecular complexity index is 105. The van der Waals surface area contributed by atoms with Crippen molar-refractivity contribution >= 4 is 22.6 Å². The molecule has 0 aliphatic rings. The predicted molar refractivity (Wildman–Crippen MR) is 48.3 cm³/mol. The summed E-state index contributed by atoms with van der Waals surface area (Å²) in [5.41, 5.74) is 0. The highest BCUT2D eigenvalue weighted by molar-refractivity contribution is 14.1. The Labute approximate surface area is 75.1 Å². The fraction of sp³-hybridized carbons (Fsp3) is 1.00. The number of halogens is 1. The van der Waals surface area contributed by atoms with Crippen LogP contribution >= 0.6 is 22.6 Å². The summed E-state index contributed by atoms with van der Waals surface area (Å²) in [5.74, 6) is 11.1. The zero-order valence-corrected chi connectivity index (χ0v) is 8.70. The summed E-state index contributed by atoms with van der Waals surface area (Å²) in [5, 5.41) is 0. The van der Waals surface area contributed by atoms with Gasteiger partial charge >= 0.3 is 0 Å². The van der Waals surface area contributed by atoms with E-state index in [4.69, 9.17) is 16.5 Å². The molecule has 0 aromatic carbocycles. The van der Waals surface area contributed by atoms with E-state index in [-0.39, 0.29) is 15.0 Å². The number of hydrogen-bond acceptors (Lipinski definition) is 3. The van der Waals surface area contributed by atoms with Crippen LogP contribution in [-0.4, -0.2) is 15.0 Å². The minimum atomic E-state index is -0.371. The number of quaternary nitrogens is 1. The summed E-state index contributed by atoms with van der Waals surface area (Å²) in [4.78, 5) is 4.81. The molecule has 0 spiro atoms. The summed E-state index contributed by atoms with van der Waals surface area (Å²) in [6.07, 6.45) is 0. The van der Waals surface area contributed by atoms with Crippen molar-refractivity contribution in [3.05, 3.63) is 0 Å². The first-order valence-electron chi connectivity index (χ1n) is 3.14. The molecule has 0 heterocycles. The molecular formula is C5H15IN3O+. The highest BCUT2D eigenvalue weighted by Gasteiger charge is 2.26. The molecule has 1 atom stereocenters. The maximum Gasteiger partial charge on any atom is 0.170 e. The average molecular weight is 260 g/mol. The predicted octanol–water partition coefficient (Wildman–Crippen LogP) is 0.672. The lowest BCUT2D eigenvalue weighted by Gasteiger charge is -2.28. The number of rotatable bonds is 3. The maximum absolute atomic E-state index is 5.55. The Hall–Kier alpha value is 0.570.